The molecule has 2 aromatic rings. The highest BCUT2D eigenvalue weighted by molar-refractivity contribution is 7.91. The minimum Gasteiger partial charge on any atom is -0.339 e. The molecule has 0 saturated carbocycles. The number of nitrogens with zero attached hydrogens (tertiary/aromatic N) is 4. The third kappa shape index (κ3) is 3.76. The second-order valence-corrected chi connectivity index (χ2v) is 8.03. The Balaban J connectivity index is 1.75. The largest absolute Gasteiger partial charge is 0.339 e. The van der Waals surface area contributed by atoms with E-state index in [4.69, 9.17) is 0 Å². The summed E-state index contributed by atoms with van der Waals surface area (Å²) in [6, 6.07) is 7.84. The molecule has 0 bridgehead atoms. The minimum atomic E-state index is -2.94. The van der Waals surface area contributed by atoms with Crippen LogP contribution in [0.15, 0.2) is 30.5 Å². The van der Waals surface area contributed by atoms with Gasteiger partial charge in [0.1, 0.15) is 0 Å². The average Bonchev–Trinajstić information content (AvgIpc) is 2.89. The van der Waals surface area contributed by atoms with Gasteiger partial charge in [-0.15, -0.1) is 5.10 Å². The van der Waals surface area contributed by atoms with Crippen molar-refractivity contribution in [3.05, 3.63) is 36.0 Å². The van der Waals surface area contributed by atoms with E-state index in [0.717, 1.165) is 5.69 Å². The van der Waals surface area contributed by atoms with E-state index in [0.29, 0.717) is 18.2 Å². The maximum Gasteiger partial charge on any atom is 0.247 e. The molecule has 1 atom stereocenters. The smallest absolute Gasteiger partial charge is 0.247 e. The normalized spacial score (nSPS) is 19.5. The topological polar surface area (TPSA) is 88.1 Å². The molecule has 0 amide bonds. The van der Waals surface area contributed by atoms with Gasteiger partial charge in [-0.2, -0.15) is 10.1 Å². The van der Waals surface area contributed by atoms with Gasteiger partial charge >= 0.3 is 0 Å². The monoisotopic (exact) mass is 333 g/mol. The van der Waals surface area contributed by atoms with Crippen LogP contribution >= 0.6 is 0 Å². The van der Waals surface area contributed by atoms with Crippen LogP contribution in [0.4, 0.5) is 17.5 Å². The summed E-state index contributed by atoms with van der Waals surface area (Å²) < 4.78 is 23.2. The summed E-state index contributed by atoms with van der Waals surface area (Å²) in [5, 5.41) is 11.2. The lowest BCUT2D eigenvalue weighted by Gasteiger charge is -2.22. The maximum absolute atomic E-state index is 11.6. The zero-order valence-electron chi connectivity index (χ0n) is 13.1. The first-order valence-electron chi connectivity index (χ1n) is 7.40. The van der Waals surface area contributed by atoms with Crippen LogP contribution in [0.1, 0.15) is 12.0 Å². The van der Waals surface area contributed by atoms with Gasteiger partial charge < -0.3 is 10.2 Å². The number of sulfone groups is 1. The highest BCUT2D eigenvalue weighted by Gasteiger charge is 2.31. The third-order valence-electron chi connectivity index (χ3n) is 3.94. The first-order valence-corrected chi connectivity index (χ1v) is 9.22. The molecular weight excluding hydrogens is 314 g/mol. The summed E-state index contributed by atoms with van der Waals surface area (Å²) in [6.07, 6.45) is 2.14. The maximum atomic E-state index is 11.6. The van der Waals surface area contributed by atoms with Crippen LogP contribution < -0.4 is 10.2 Å². The summed E-state index contributed by atoms with van der Waals surface area (Å²) in [5.74, 6) is 1.36. The summed E-state index contributed by atoms with van der Waals surface area (Å²) >= 11 is 0. The van der Waals surface area contributed by atoms with Crippen LogP contribution in [0.5, 0.6) is 0 Å². The number of hydrogen-bond acceptors (Lipinski definition) is 7. The van der Waals surface area contributed by atoms with Crippen molar-refractivity contribution in [1.82, 2.24) is 15.2 Å². The third-order valence-corrected chi connectivity index (χ3v) is 5.69. The van der Waals surface area contributed by atoms with Crippen molar-refractivity contribution in [2.75, 3.05) is 28.8 Å². The molecule has 23 heavy (non-hydrogen) atoms. The zero-order chi connectivity index (χ0) is 16.4. The second kappa shape index (κ2) is 6.11. The van der Waals surface area contributed by atoms with Gasteiger partial charge in [-0.05, 0) is 25.5 Å². The number of aromatic nitrogens is 3. The van der Waals surface area contributed by atoms with Gasteiger partial charge in [0.05, 0.1) is 17.7 Å². The van der Waals surface area contributed by atoms with Crippen LogP contribution in [0.25, 0.3) is 0 Å². The molecule has 0 spiro atoms. The summed E-state index contributed by atoms with van der Waals surface area (Å²) in [4.78, 5) is 6.22. The van der Waals surface area contributed by atoms with E-state index >= 15 is 0 Å². The number of aryl methyl sites for hydroxylation is 1. The van der Waals surface area contributed by atoms with Gasteiger partial charge in [0.15, 0.2) is 15.7 Å². The molecule has 1 saturated heterocycles. The van der Waals surface area contributed by atoms with Crippen molar-refractivity contribution in [1.29, 1.82) is 0 Å². The van der Waals surface area contributed by atoms with Crippen LogP contribution in [0.3, 0.4) is 0 Å². The molecule has 1 aliphatic rings. The molecule has 7 nitrogen and oxygen atoms in total. The molecule has 1 fully saturated rings. The Bertz CT molecular complexity index is 792. The molecule has 0 aliphatic carbocycles. The van der Waals surface area contributed by atoms with Crippen LogP contribution in [-0.4, -0.2) is 48.2 Å². The first kappa shape index (κ1) is 15.7. The molecule has 0 radical (unpaired) electrons. The van der Waals surface area contributed by atoms with Crippen molar-refractivity contribution < 1.29 is 8.42 Å². The Kier molecular flexibility index (Phi) is 4.16. The number of benzene rings is 1. The molecule has 1 N–H and O–H groups in total. The molecule has 1 aromatic heterocycles. The summed E-state index contributed by atoms with van der Waals surface area (Å²) in [6.45, 7) is 2.03. The van der Waals surface area contributed by atoms with Gasteiger partial charge in [0.2, 0.25) is 5.95 Å². The van der Waals surface area contributed by atoms with E-state index < -0.39 is 9.84 Å². The Morgan fingerprint density at radius 2 is 2.00 bits per heavy atom. The van der Waals surface area contributed by atoms with E-state index in [1.54, 1.807) is 18.1 Å². The molecule has 2 heterocycles. The SMILES string of the molecule is Cc1ccc(Nc2cnnc(N(C)C3CCS(=O)(=O)C3)n2)cc1. The molecule has 1 aliphatic heterocycles. The number of nitrogens with one attached hydrogen (secondary N) is 1. The van der Waals surface area contributed by atoms with Crippen LogP contribution in [0, 0.1) is 6.92 Å². The lowest BCUT2D eigenvalue weighted by molar-refractivity contribution is 0.600. The Morgan fingerprint density at radius 3 is 2.65 bits per heavy atom. The highest BCUT2D eigenvalue weighted by Crippen LogP contribution is 2.21. The van der Waals surface area contributed by atoms with Crippen LogP contribution in [0.2, 0.25) is 0 Å². The number of anilines is 3. The number of rotatable bonds is 4. The number of hydrogen-bond donors (Lipinski definition) is 1. The Labute approximate surface area is 135 Å². The van der Waals surface area contributed by atoms with E-state index in [1.165, 1.54) is 5.56 Å². The van der Waals surface area contributed by atoms with Crippen molar-refractivity contribution >= 4 is 27.3 Å². The van der Waals surface area contributed by atoms with Gasteiger partial charge in [0, 0.05) is 18.8 Å². The predicted octanol–water partition coefficient (Wildman–Crippen LogP) is 1.55. The molecule has 3 rings (SSSR count). The molecular formula is C15H19N5O2S. The van der Waals surface area contributed by atoms with E-state index in [-0.39, 0.29) is 17.5 Å². The van der Waals surface area contributed by atoms with Crippen molar-refractivity contribution in [3.8, 4) is 0 Å². The van der Waals surface area contributed by atoms with Crippen LogP contribution in [-0.2, 0) is 9.84 Å². The fraction of sp³-hybridized carbons (Fsp3) is 0.400. The van der Waals surface area contributed by atoms with Gasteiger partial charge in [-0.1, -0.05) is 17.7 Å². The van der Waals surface area contributed by atoms with Gasteiger partial charge in [0.25, 0.3) is 0 Å². The second-order valence-electron chi connectivity index (χ2n) is 5.80. The summed E-state index contributed by atoms with van der Waals surface area (Å²) in [7, 11) is -1.14. The highest BCUT2D eigenvalue weighted by atomic mass is 32.2. The van der Waals surface area contributed by atoms with Crippen molar-refractivity contribution in [2.45, 2.75) is 19.4 Å². The standard InChI is InChI=1S/C15H19N5O2S/c1-11-3-5-12(6-4-11)17-14-9-16-19-15(18-14)20(2)13-7-8-23(21,22)10-13/h3-6,9,13H,7-8,10H2,1-2H3,(H,17,18,19). The van der Waals surface area contributed by atoms with Crippen molar-refractivity contribution in [3.63, 3.8) is 0 Å². The van der Waals surface area contributed by atoms with Crippen molar-refractivity contribution in [2.24, 2.45) is 0 Å². The molecule has 1 aromatic carbocycles. The minimum absolute atomic E-state index is 0.101. The Hall–Kier alpha value is -2.22. The van der Waals surface area contributed by atoms with E-state index in [9.17, 15) is 8.42 Å². The Morgan fingerprint density at radius 1 is 1.26 bits per heavy atom. The lowest BCUT2D eigenvalue weighted by atomic mass is 10.2. The molecule has 8 heteroatoms. The fourth-order valence-electron chi connectivity index (χ4n) is 2.53. The molecule has 1 unspecified atom stereocenters. The van der Waals surface area contributed by atoms with Gasteiger partial charge in [-0.25, -0.2) is 8.42 Å². The van der Waals surface area contributed by atoms with E-state index in [2.05, 4.69) is 20.5 Å². The average molecular weight is 333 g/mol. The summed E-state index contributed by atoms with van der Waals surface area (Å²) in [5.41, 5.74) is 2.09. The fourth-order valence-corrected chi connectivity index (χ4v) is 4.31. The lowest BCUT2D eigenvalue weighted by Crippen LogP contribution is -2.34. The van der Waals surface area contributed by atoms with E-state index in [1.807, 2.05) is 31.2 Å². The first-order chi connectivity index (χ1) is 10.9. The predicted molar refractivity (Wildman–Crippen MR) is 89.8 cm³/mol. The quantitative estimate of drug-likeness (QED) is 0.908. The van der Waals surface area contributed by atoms with Gasteiger partial charge in [-0.3, -0.25) is 0 Å². The zero-order valence-corrected chi connectivity index (χ0v) is 13.9. The molecule has 122 valence electrons.